The summed E-state index contributed by atoms with van der Waals surface area (Å²) >= 11 is 0. The van der Waals surface area contributed by atoms with Gasteiger partial charge in [0.05, 0.1) is 5.54 Å². The maximum absolute atomic E-state index is 11.6. The summed E-state index contributed by atoms with van der Waals surface area (Å²) in [5, 5.41) is 0. The SMILES string of the molecule is CC(=O)C1(C)CCCN1C(C)(C)C. The second-order valence-corrected chi connectivity index (χ2v) is 5.26. The quantitative estimate of drug-likeness (QED) is 0.621. The smallest absolute Gasteiger partial charge is 0.149 e. The van der Waals surface area contributed by atoms with Gasteiger partial charge >= 0.3 is 0 Å². The third kappa shape index (κ3) is 1.78. The molecule has 0 N–H and O–H groups in total. The molecule has 2 heteroatoms. The monoisotopic (exact) mass is 183 g/mol. The van der Waals surface area contributed by atoms with Crippen LogP contribution >= 0.6 is 0 Å². The van der Waals surface area contributed by atoms with Gasteiger partial charge in [0, 0.05) is 5.54 Å². The summed E-state index contributed by atoms with van der Waals surface area (Å²) in [6.07, 6.45) is 2.16. The maximum atomic E-state index is 11.6. The van der Waals surface area contributed by atoms with E-state index < -0.39 is 0 Å². The average molecular weight is 183 g/mol. The number of rotatable bonds is 1. The highest BCUT2D eigenvalue weighted by Crippen LogP contribution is 2.35. The third-order valence-corrected chi connectivity index (χ3v) is 3.21. The minimum atomic E-state index is -0.210. The third-order valence-electron chi connectivity index (χ3n) is 3.21. The van der Waals surface area contributed by atoms with Gasteiger partial charge in [0.2, 0.25) is 0 Å². The molecule has 0 aliphatic carbocycles. The Bertz CT molecular complexity index is 217. The lowest BCUT2D eigenvalue weighted by atomic mass is 9.90. The predicted molar refractivity (Wildman–Crippen MR) is 54.8 cm³/mol. The second kappa shape index (κ2) is 3.09. The minimum absolute atomic E-state index is 0.108. The highest BCUT2D eigenvalue weighted by molar-refractivity contribution is 5.86. The summed E-state index contributed by atoms with van der Waals surface area (Å²) in [7, 11) is 0. The molecule has 0 aromatic rings. The van der Waals surface area contributed by atoms with Gasteiger partial charge < -0.3 is 0 Å². The molecule has 0 amide bonds. The number of nitrogens with zero attached hydrogens (tertiary/aromatic N) is 1. The summed E-state index contributed by atoms with van der Waals surface area (Å²) < 4.78 is 0. The average Bonchev–Trinajstić information content (AvgIpc) is 2.31. The molecule has 0 aromatic heterocycles. The first kappa shape index (κ1) is 10.7. The molecule has 13 heavy (non-hydrogen) atoms. The van der Waals surface area contributed by atoms with E-state index in [0.29, 0.717) is 5.78 Å². The van der Waals surface area contributed by atoms with E-state index in [9.17, 15) is 4.79 Å². The van der Waals surface area contributed by atoms with Crippen LogP contribution in [-0.4, -0.2) is 28.3 Å². The summed E-state index contributed by atoms with van der Waals surface area (Å²) in [5.41, 5.74) is -0.102. The van der Waals surface area contributed by atoms with E-state index in [1.54, 1.807) is 6.92 Å². The van der Waals surface area contributed by atoms with Crippen molar-refractivity contribution in [3.63, 3.8) is 0 Å². The molecule has 0 spiro atoms. The van der Waals surface area contributed by atoms with Crippen molar-refractivity contribution >= 4 is 5.78 Å². The molecule has 1 unspecified atom stereocenters. The summed E-state index contributed by atoms with van der Waals surface area (Å²) in [5.74, 6) is 0.305. The van der Waals surface area contributed by atoms with Crippen molar-refractivity contribution in [2.75, 3.05) is 6.54 Å². The molecule has 0 radical (unpaired) electrons. The second-order valence-electron chi connectivity index (χ2n) is 5.26. The Morgan fingerprint density at radius 1 is 1.38 bits per heavy atom. The van der Waals surface area contributed by atoms with E-state index in [-0.39, 0.29) is 11.1 Å². The number of hydrogen-bond donors (Lipinski definition) is 0. The Balaban J connectivity index is 2.93. The Kier molecular flexibility index (Phi) is 2.54. The van der Waals surface area contributed by atoms with Crippen molar-refractivity contribution in [2.45, 2.75) is 58.5 Å². The van der Waals surface area contributed by atoms with Gasteiger partial charge in [0.15, 0.2) is 0 Å². The van der Waals surface area contributed by atoms with Crippen molar-refractivity contribution in [1.82, 2.24) is 4.90 Å². The van der Waals surface area contributed by atoms with E-state index in [1.165, 1.54) is 0 Å². The zero-order chi connectivity index (χ0) is 10.3. The highest BCUT2D eigenvalue weighted by Gasteiger charge is 2.45. The number of ketones is 1. The first-order valence-electron chi connectivity index (χ1n) is 5.07. The molecule has 2 nitrogen and oxygen atoms in total. The van der Waals surface area contributed by atoms with Crippen LogP contribution in [0.2, 0.25) is 0 Å². The number of hydrogen-bond acceptors (Lipinski definition) is 2. The largest absolute Gasteiger partial charge is 0.298 e. The fourth-order valence-corrected chi connectivity index (χ4v) is 2.40. The molecule has 0 aromatic carbocycles. The van der Waals surface area contributed by atoms with Crippen LogP contribution in [0.4, 0.5) is 0 Å². The molecule has 1 heterocycles. The lowest BCUT2D eigenvalue weighted by Crippen LogP contribution is -2.55. The van der Waals surface area contributed by atoms with Crippen LogP contribution in [0, 0.1) is 0 Å². The number of likely N-dealkylation sites (tertiary alicyclic amines) is 1. The van der Waals surface area contributed by atoms with Gasteiger partial charge in [-0.1, -0.05) is 0 Å². The van der Waals surface area contributed by atoms with Crippen molar-refractivity contribution in [3.05, 3.63) is 0 Å². The molecular formula is C11H21NO. The van der Waals surface area contributed by atoms with Crippen LogP contribution in [-0.2, 0) is 4.79 Å². The standard InChI is InChI=1S/C11H21NO/c1-9(13)11(5)7-6-8-12(11)10(2,3)4/h6-8H2,1-5H3. The lowest BCUT2D eigenvalue weighted by molar-refractivity contribution is -0.129. The number of Topliss-reactive ketones (excluding diaryl/α,β-unsaturated/α-hetero) is 1. The fourth-order valence-electron chi connectivity index (χ4n) is 2.40. The van der Waals surface area contributed by atoms with Crippen LogP contribution in [0.1, 0.15) is 47.5 Å². The molecule has 1 aliphatic heterocycles. The van der Waals surface area contributed by atoms with Crippen molar-refractivity contribution < 1.29 is 4.79 Å². The minimum Gasteiger partial charge on any atom is -0.298 e. The Hall–Kier alpha value is -0.370. The Labute approximate surface area is 81.3 Å². The van der Waals surface area contributed by atoms with Crippen LogP contribution in [0.3, 0.4) is 0 Å². The van der Waals surface area contributed by atoms with E-state index in [4.69, 9.17) is 0 Å². The van der Waals surface area contributed by atoms with Crippen molar-refractivity contribution in [2.24, 2.45) is 0 Å². The van der Waals surface area contributed by atoms with Gasteiger partial charge in [-0.25, -0.2) is 0 Å². The van der Waals surface area contributed by atoms with E-state index in [1.807, 2.05) is 0 Å². The van der Waals surface area contributed by atoms with Crippen LogP contribution in [0.15, 0.2) is 0 Å². The molecule has 1 saturated heterocycles. The van der Waals surface area contributed by atoms with Gasteiger partial charge in [-0.15, -0.1) is 0 Å². The number of carbonyl (C=O) groups is 1. The van der Waals surface area contributed by atoms with Crippen molar-refractivity contribution in [1.29, 1.82) is 0 Å². The first-order valence-corrected chi connectivity index (χ1v) is 5.07. The van der Waals surface area contributed by atoms with Gasteiger partial charge in [-0.05, 0) is 54.0 Å². The molecule has 1 fully saturated rings. The molecule has 1 aliphatic rings. The summed E-state index contributed by atoms with van der Waals surface area (Å²) in [6, 6.07) is 0. The lowest BCUT2D eigenvalue weighted by Gasteiger charge is -2.42. The van der Waals surface area contributed by atoms with Crippen LogP contribution in [0.25, 0.3) is 0 Å². The van der Waals surface area contributed by atoms with Gasteiger partial charge in [-0.2, -0.15) is 0 Å². The van der Waals surface area contributed by atoms with E-state index in [2.05, 4.69) is 32.6 Å². The van der Waals surface area contributed by atoms with Crippen LogP contribution < -0.4 is 0 Å². The zero-order valence-corrected chi connectivity index (χ0v) is 9.48. The number of carbonyl (C=O) groups excluding carboxylic acids is 1. The molecular weight excluding hydrogens is 162 g/mol. The van der Waals surface area contributed by atoms with Gasteiger partial charge in [0.25, 0.3) is 0 Å². The molecule has 0 bridgehead atoms. The fraction of sp³-hybridized carbons (Fsp3) is 0.909. The topological polar surface area (TPSA) is 20.3 Å². The van der Waals surface area contributed by atoms with E-state index in [0.717, 1.165) is 19.4 Å². The van der Waals surface area contributed by atoms with E-state index >= 15 is 0 Å². The summed E-state index contributed by atoms with van der Waals surface area (Å²) in [4.78, 5) is 13.9. The van der Waals surface area contributed by atoms with Gasteiger partial charge in [-0.3, -0.25) is 9.69 Å². The maximum Gasteiger partial charge on any atom is 0.149 e. The van der Waals surface area contributed by atoms with Gasteiger partial charge in [0.1, 0.15) is 5.78 Å². The normalized spacial score (nSPS) is 30.8. The van der Waals surface area contributed by atoms with Crippen LogP contribution in [0.5, 0.6) is 0 Å². The summed E-state index contributed by atoms with van der Waals surface area (Å²) in [6.45, 7) is 11.4. The Morgan fingerprint density at radius 3 is 2.23 bits per heavy atom. The Morgan fingerprint density at radius 2 is 1.92 bits per heavy atom. The predicted octanol–water partition coefficient (Wildman–Crippen LogP) is 2.23. The molecule has 1 atom stereocenters. The molecule has 76 valence electrons. The van der Waals surface area contributed by atoms with Crippen molar-refractivity contribution in [3.8, 4) is 0 Å². The highest BCUT2D eigenvalue weighted by atomic mass is 16.1. The first-order chi connectivity index (χ1) is 5.78. The molecule has 0 saturated carbocycles. The molecule has 1 rings (SSSR count). The zero-order valence-electron chi connectivity index (χ0n) is 9.48.